The van der Waals surface area contributed by atoms with Gasteiger partial charge in [0.25, 0.3) is 0 Å². The number of allylic oxidation sites excluding steroid dienone is 5. The van der Waals surface area contributed by atoms with E-state index in [1.54, 1.807) is 6.92 Å². The molecule has 0 unspecified atom stereocenters. The van der Waals surface area contributed by atoms with Gasteiger partial charge in [-0.3, -0.25) is 0 Å². The number of carboxylic acid groups (broad SMARTS) is 1. The second kappa shape index (κ2) is 9.21. The SMILES string of the molecule is CCCC(=CC=CC(C)=CC(=O)O)c1cc(C(C)(C)C)cc(C(C)(C)C)c1. The van der Waals surface area contributed by atoms with E-state index >= 15 is 0 Å². The molecule has 0 aliphatic heterocycles. The zero-order valence-electron chi connectivity index (χ0n) is 18.3. The molecular formula is C25H36O2. The van der Waals surface area contributed by atoms with Crippen molar-refractivity contribution in [2.24, 2.45) is 0 Å². The van der Waals surface area contributed by atoms with Crippen molar-refractivity contribution in [2.45, 2.75) is 79.1 Å². The van der Waals surface area contributed by atoms with E-state index in [1.807, 2.05) is 12.2 Å². The van der Waals surface area contributed by atoms with Gasteiger partial charge >= 0.3 is 5.97 Å². The van der Waals surface area contributed by atoms with Crippen LogP contribution in [-0.2, 0) is 15.6 Å². The quantitative estimate of drug-likeness (QED) is 0.431. The summed E-state index contributed by atoms with van der Waals surface area (Å²) in [5.41, 5.74) is 6.14. The minimum Gasteiger partial charge on any atom is -0.478 e. The number of hydrogen-bond acceptors (Lipinski definition) is 1. The molecule has 1 N–H and O–H groups in total. The van der Waals surface area contributed by atoms with Crippen molar-refractivity contribution in [2.75, 3.05) is 0 Å². The molecule has 0 heterocycles. The summed E-state index contributed by atoms with van der Waals surface area (Å²) < 4.78 is 0. The van der Waals surface area contributed by atoms with Crippen LogP contribution in [-0.4, -0.2) is 11.1 Å². The van der Waals surface area contributed by atoms with Crippen molar-refractivity contribution in [3.05, 3.63) is 64.8 Å². The lowest BCUT2D eigenvalue weighted by Gasteiger charge is -2.26. The highest BCUT2D eigenvalue weighted by Crippen LogP contribution is 2.33. The smallest absolute Gasteiger partial charge is 0.328 e. The predicted molar refractivity (Wildman–Crippen MR) is 117 cm³/mol. The molecule has 0 aliphatic carbocycles. The van der Waals surface area contributed by atoms with Crippen molar-refractivity contribution < 1.29 is 9.90 Å². The van der Waals surface area contributed by atoms with Gasteiger partial charge in [-0.1, -0.05) is 91.3 Å². The maximum Gasteiger partial charge on any atom is 0.328 e. The first-order valence-electron chi connectivity index (χ1n) is 9.79. The van der Waals surface area contributed by atoms with Gasteiger partial charge in [0.05, 0.1) is 0 Å². The summed E-state index contributed by atoms with van der Waals surface area (Å²) >= 11 is 0. The molecule has 0 aromatic heterocycles. The Hall–Kier alpha value is -2.09. The van der Waals surface area contributed by atoms with E-state index in [0.717, 1.165) is 18.4 Å². The maximum absolute atomic E-state index is 10.8. The van der Waals surface area contributed by atoms with E-state index < -0.39 is 5.97 Å². The van der Waals surface area contributed by atoms with Crippen LogP contribution in [0.2, 0.25) is 0 Å². The second-order valence-electron chi connectivity index (χ2n) is 9.33. The van der Waals surface area contributed by atoms with Gasteiger partial charge in [-0.05, 0) is 52.0 Å². The minimum absolute atomic E-state index is 0.0873. The number of carbonyl (C=O) groups is 1. The normalized spacial score (nSPS) is 14.1. The van der Waals surface area contributed by atoms with Crippen LogP contribution in [0, 0.1) is 0 Å². The predicted octanol–water partition coefficient (Wildman–Crippen LogP) is 7.05. The Morgan fingerprint density at radius 1 is 1.00 bits per heavy atom. The van der Waals surface area contributed by atoms with Crippen molar-refractivity contribution in [1.29, 1.82) is 0 Å². The molecule has 0 radical (unpaired) electrons. The van der Waals surface area contributed by atoms with Crippen molar-refractivity contribution >= 4 is 11.5 Å². The third-order valence-corrected chi connectivity index (χ3v) is 4.56. The maximum atomic E-state index is 10.8. The first-order chi connectivity index (χ1) is 12.3. The van der Waals surface area contributed by atoms with Gasteiger partial charge < -0.3 is 5.11 Å². The first-order valence-corrected chi connectivity index (χ1v) is 9.79. The number of aliphatic carboxylic acids is 1. The lowest BCUT2D eigenvalue weighted by atomic mass is 9.78. The largest absolute Gasteiger partial charge is 0.478 e. The third-order valence-electron chi connectivity index (χ3n) is 4.56. The lowest BCUT2D eigenvalue weighted by molar-refractivity contribution is -0.131. The monoisotopic (exact) mass is 368 g/mol. The molecule has 1 rings (SSSR count). The summed E-state index contributed by atoms with van der Waals surface area (Å²) in [7, 11) is 0. The molecular weight excluding hydrogens is 332 g/mol. The Bertz CT molecular complexity index is 715. The Kier molecular flexibility index (Phi) is 7.83. The van der Waals surface area contributed by atoms with Crippen LogP contribution in [0.25, 0.3) is 5.57 Å². The number of carboxylic acids is 1. The van der Waals surface area contributed by atoms with Gasteiger partial charge in [0.2, 0.25) is 0 Å². The molecule has 1 aromatic rings. The van der Waals surface area contributed by atoms with Crippen molar-refractivity contribution in [1.82, 2.24) is 0 Å². The summed E-state index contributed by atoms with van der Waals surface area (Å²) in [5, 5.41) is 8.84. The molecule has 148 valence electrons. The molecule has 2 nitrogen and oxygen atoms in total. The van der Waals surface area contributed by atoms with Crippen molar-refractivity contribution in [3.63, 3.8) is 0 Å². The number of hydrogen-bond donors (Lipinski definition) is 1. The summed E-state index contributed by atoms with van der Waals surface area (Å²) in [6, 6.07) is 6.96. The number of benzene rings is 1. The average molecular weight is 369 g/mol. The third kappa shape index (κ3) is 7.58. The molecule has 27 heavy (non-hydrogen) atoms. The Morgan fingerprint density at radius 3 is 1.93 bits per heavy atom. The summed E-state index contributed by atoms with van der Waals surface area (Å²) in [5.74, 6) is -0.914. The second-order valence-corrected chi connectivity index (χ2v) is 9.33. The number of rotatable bonds is 6. The molecule has 2 heteroatoms. The Labute approximate surface area is 165 Å². The van der Waals surface area contributed by atoms with Crippen LogP contribution < -0.4 is 0 Å². The average Bonchev–Trinajstić information content (AvgIpc) is 2.51. The van der Waals surface area contributed by atoms with Crippen LogP contribution in [0.1, 0.15) is 84.9 Å². The van der Waals surface area contributed by atoms with Gasteiger partial charge in [-0.15, -0.1) is 0 Å². The lowest BCUT2D eigenvalue weighted by Crippen LogP contribution is -2.17. The Morgan fingerprint density at radius 2 is 1.52 bits per heavy atom. The molecule has 0 fully saturated rings. The molecule has 0 atom stereocenters. The molecule has 0 saturated heterocycles. The highest BCUT2D eigenvalue weighted by Gasteiger charge is 2.21. The standard InChI is InChI=1S/C25H36O2/c1-9-11-19(13-10-12-18(2)14-23(26)27)20-15-21(24(3,4)5)17-22(16-20)25(6,7)8/h10,12-17H,9,11H2,1-8H3,(H,26,27). The topological polar surface area (TPSA) is 37.3 Å². The van der Waals surface area contributed by atoms with E-state index in [1.165, 1.54) is 28.3 Å². The highest BCUT2D eigenvalue weighted by molar-refractivity contribution is 5.81. The first kappa shape index (κ1) is 23.0. The zero-order valence-corrected chi connectivity index (χ0v) is 18.3. The molecule has 0 amide bonds. The molecule has 0 spiro atoms. The minimum atomic E-state index is -0.914. The van der Waals surface area contributed by atoms with E-state index in [2.05, 4.69) is 72.7 Å². The fraction of sp³-hybridized carbons (Fsp3) is 0.480. The van der Waals surface area contributed by atoms with Crippen LogP contribution >= 0.6 is 0 Å². The summed E-state index contributed by atoms with van der Waals surface area (Å²) in [6.45, 7) is 17.5. The molecule has 0 aliphatic rings. The molecule has 0 bridgehead atoms. The van der Waals surface area contributed by atoms with Crippen molar-refractivity contribution in [3.8, 4) is 0 Å². The summed E-state index contributed by atoms with van der Waals surface area (Å²) in [6.07, 6.45) is 9.21. The van der Waals surface area contributed by atoms with E-state index in [-0.39, 0.29) is 10.8 Å². The zero-order chi connectivity index (χ0) is 20.8. The molecule has 1 aromatic carbocycles. The van der Waals surface area contributed by atoms with Crippen LogP contribution in [0.15, 0.2) is 48.1 Å². The van der Waals surface area contributed by atoms with Gasteiger partial charge in [-0.25, -0.2) is 4.79 Å². The van der Waals surface area contributed by atoms with Crippen LogP contribution in [0.4, 0.5) is 0 Å². The fourth-order valence-corrected chi connectivity index (χ4v) is 2.83. The van der Waals surface area contributed by atoms with Crippen LogP contribution in [0.3, 0.4) is 0 Å². The summed E-state index contributed by atoms with van der Waals surface area (Å²) in [4.78, 5) is 10.8. The highest BCUT2D eigenvalue weighted by atomic mass is 16.4. The van der Waals surface area contributed by atoms with Gasteiger partial charge in [0, 0.05) is 6.08 Å². The van der Waals surface area contributed by atoms with E-state index in [0.29, 0.717) is 0 Å². The molecule has 0 saturated carbocycles. The Balaban J connectivity index is 3.44. The van der Waals surface area contributed by atoms with Gasteiger partial charge in [0.15, 0.2) is 0 Å². The van der Waals surface area contributed by atoms with Gasteiger partial charge in [-0.2, -0.15) is 0 Å². The van der Waals surface area contributed by atoms with E-state index in [4.69, 9.17) is 5.11 Å². The fourth-order valence-electron chi connectivity index (χ4n) is 2.83. The van der Waals surface area contributed by atoms with Crippen LogP contribution in [0.5, 0.6) is 0 Å². The van der Waals surface area contributed by atoms with E-state index in [9.17, 15) is 4.79 Å². The van der Waals surface area contributed by atoms with Gasteiger partial charge in [0.1, 0.15) is 0 Å².